The molecule has 0 saturated heterocycles. The minimum absolute atomic E-state index is 0.0274. The molecule has 28 heavy (non-hydrogen) atoms. The molecule has 1 saturated carbocycles. The molecule has 0 radical (unpaired) electrons. The first-order chi connectivity index (χ1) is 13.3. The summed E-state index contributed by atoms with van der Waals surface area (Å²) in [5.41, 5.74) is 10.5. The van der Waals surface area contributed by atoms with Crippen molar-refractivity contribution >= 4 is 33.2 Å². The first kappa shape index (κ1) is 19.2. The first-order valence-electron chi connectivity index (χ1n) is 10.3. The van der Waals surface area contributed by atoms with Crippen LogP contribution in [0, 0.1) is 10.8 Å². The van der Waals surface area contributed by atoms with E-state index >= 15 is 0 Å². The van der Waals surface area contributed by atoms with Crippen molar-refractivity contribution in [3.63, 3.8) is 0 Å². The fraction of sp³-hybridized carbons (Fsp3) is 0.545. The number of hydrogen-bond donors (Lipinski definition) is 4. The van der Waals surface area contributed by atoms with E-state index < -0.39 is 0 Å². The van der Waals surface area contributed by atoms with Crippen LogP contribution in [-0.2, 0) is 0 Å². The highest BCUT2D eigenvalue weighted by molar-refractivity contribution is 7.20. The van der Waals surface area contributed by atoms with Crippen molar-refractivity contribution in [1.82, 2.24) is 10.3 Å². The van der Waals surface area contributed by atoms with Gasteiger partial charge in [0, 0.05) is 11.7 Å². The van der Waals surface area contributed by atoms with Crippen molar-refractivity contribution in [2.45, 2.75) is 71.3 Å². The predicted molar refractivity (Wildman–Crippen MR) is 116 cm³/mol. The summed E-state index contributed by atoms with van der Waals surface area (Å²) in [5.74, 6) is 0.0274. The van der Waals surface area contributed by atoms with E-state index in [4.69, 9.17) is 11.1 Å². The zero-order valence-electron chi connectivity index (χ0n) is 16.8. The molecular formula is C22H30N4OS. The molecule has 5 N–H and O–H groups in total. The summed E-state index contributed by atoms with van der Waals surface area (Å²) in [6, 6.07) is 4.21. The maximum atomic E-state index is 12.6. The number of allylic oxidation sites excluding steroid dienone is 2. The molecule has 0 atom stereocenters. The number of amides is 1. The van der Waals surface area contributed by atoms with Gasteiger partial charge in [-0.2, -0.15) is 0 Å². The summed E-state index contributed by atoms with van der Waals surface area (Å²) < 4.78 is 1.02. The number of carbonyl (C=O) groups is 1. The number of fused-ring (bicyclic) bond motifs is 1. The van der Waals surface area contributed by atoms with Gasteiger partial charge in [0.05, 0.1) is 26.5 Å². The largest absolute Gasteiger partial charge is 0.402 e. The van der Waals surface area contributed by atoms with Crippen LogP contribution in [0.4, 0.5) is 0 Å². The molecule has 0 aromatic carbocycles. The number of hydrogen-bond acceptors (Lipinski definition) is 4. The summed E-state index contributed by atoms with van der Waals surface area (Å²) in [4.78, 5) is 16.6. The second-order valence-corrected chi connectivity index (χ2v) is 10.2. The third-order valence-electron chi connectivity index (χ3n) is 6.15. The van der Waals surface area contributed by atoms with Crippen LogP contribution < -0.4 is 11.1 Å². The number of H-pyrrole nitrogens is 1. The molecule has 2 aromatic rings. The SMILES string of the molecule is CC1(C)CCC(C(=N)c2cc3sc(C(=O)NC4CCCCC4)cc3[nH]2)=C(N)C1. The standard InChI is InChI=1S/C22H30N4OS/c1-22(2)9-8-14(15(23)12-22)20(24)17-11-18-16(26-17)10-19(28-18)21(27)25-13-6-4-3-5-7-13/h10-11,13,24,26H,3-9,12,23H2,1-2H3,(H,25,27). The Balaban J connectivity index is 1.49. The van der Waals surface area contributed by atoms with Crippen molar-refractivity contribution in [2.24, 2.45) is 11.1 Å². The van der Waals surface area contributed by atoms with Gasteiger partial charge in [-0.3, -0.25) is 10.2 Å². The Labute approximate surface area is 170 Å². The van der Waals surface area contributed by atoms with Crippen LogP contribution in [-0.4, -0.2) is 22.6 Å². The van der Waals surface area contributed by atoms with Crippen LogP contribution >= 0.6 is 11.3 Å². The number of nitrogens with two attached hydrogens (primary N) is 1. The van der Waals surface area contributed by atoms with Gasteiger partial charge in [-0.05, 0) is 55.2 Å². The maximum Gasteiger partial charge on any atom is 0.261 e. The molecule has 150 valence electrons. The summed E-state index contributed by atoms with van der Waals surface area (Å²) in [6.45, 7) is 4.45. The topological polar surface area (TPSA) is 94.8 Å². The van der Waals surface area contributed by atoms with Gasteiger partial charge in [0.15, 0.2) is 0 Å². The van der Waals surface area contributed by atoms with Crippen LogP contribution in [0.1, 0.15) is 80.6 Å². The molecule has 5 nitrogen and oxygen atoms in total. The molecule has 1 fully saturated rings. The van der Waals surface area contributed by atoms with E-state index in [1.165, 1.54) is 30.6 Å². The molecular weight excluding hydrogens is 368 g/mol. The highest BCUT2D eigenvalue weighted by Gasteiger charge is 2.28. The van der Waals surface area contributed by atoms with E-state index in [1.807, 2.05) is 12.1 Å². The minimum atomic E-state index is 0.0274. The molecule has 2 heterocycles. The van der Waals surface area contributed by atoms with Gasteiger partial charge < -0.3 is 16.0 Å². The van der Waals surface area contributed by atoms with Crippen molar-refractivity contribution in [1.29, 1.82) is 5.41 Å². The molecule has 2 aromatic heterocycles. The molecule has 2 aliphatic carbocycles. The molecule has 0 bridgehead atoms. The highest BCUT2D eigenvalue weighted by Crippen LogP contribution is 2.38. The van der Waals surface area contributed by atoms with Gasteiger partial charge >= 0.3 is 0 Å². The Morgan fingerprint density at radius 1 is 1.29 bits per heavy atom. The number of rotatable bonds is 4. The van der Waals surface area contributed by atoms with Crippen LogP contribution in [0.15, 0.2) is 23.4 Å². The highest BCUT2D eigenvalue weighted by atomic mass is 32.1. The summed E-state index contributed by atoms with van der Waals surface area (Å²) in [7, 11) is 0. The Bertz CT molecular complexity index is 912. The van der Waals surface area contributed by atoms with Gasteiger partial charge in [-0.15, -0.1) is 11.3 Å². The fourth-order valence-electron chi connectivity index (χ4n) is 4.46. The smallest absolute Gasteiger partial charge is 0.261 e. The molecule has 0 spiro atoms. The minimum Gasteiger partial charge on any atom is -0.402 e. The van der Waals surface area contributed by atoms with E-state index in [0.29, 0.717) is 11.8 Å². The number of carbonyl (C=O) groups excluding carboxylic acids is 1. The Hall–Kier alpha value is -2.08. The lowest BCUT2D eigenvalue weighted by Crippen LogP contribution is -2.35. The molecule has 6 heteroatoms. The molecule has 2 aliphatic rings. The van der Waals surface area contributed by atoms with E-state index in [9.17, 15) is 4.79 Å². The monoisotopic (exact) mass is 398 g/mol. The summed E-state index contributed by atoms with van der Waals surface area (Å²) in [5, 5.41) is 11.8. The molecule has 0 unspecified atom stereocenters. The Morgan fingerprint density at radius 3 is 2.71 bits per heavy atom. The molecule has 1 amide bonds. The number of aromatic nitrogens is 1. The van der Waals surface area contributed by atoms with Gasteiger partial charge in [0.25, 0.3) is 5.91 Å². The normalized spacial score (nSPS) is 20.5. The van der Waals surface area contributed by atoms with Crippen molar-refractivity contribution in [2.75, 3.05) is 0 Å². The average molecular weight is 399 g/mol. The lowest BCUT2D eigenvalue weighted by molar-refractivity contribution is 0.0932. The zero-order chi connectivity index (χ0) is 19.9. The van der Waals surface area contributed by atoms with E-state index in [1.54, 1.807) is 0 Å². The van der Waals surface area contributed by atoms with E-state index in [2.05, 4.69) is 24.1 Å². The summed E-state index contributed by atoms with van der Waals surface area (Å²) in [6.07, 6.45) is 8.60. The average Bonchev–Trinajstić information content (AvgIpc) is 3.20. The van der Waals surface area contributed by atoms with Crippen LogP contribution in [0.25, 0.3) is 10.2 Å². The van der Waals surface area contributed by atoms with Crippen molar-refractivity contribution in [3.05, 3.63) is 34.0 Å². The van der Waals surface area contributed by atoms with E-state index in [0.717, 1.165) is 64.2 Å². The number of nitrogens with one attached hydrogen (secondary N) is 3. The zero-order valence-corrected chi connectivity index (χ0v) is 17.6. The predicted octanol–water partition coefficient (Wildman–Crippen LogP) is 5.08. The first-order valence-corrected chi connectivity index (χ1v) is 11.1. The second-order valence-electron chi connectivity index (χ2n) is 9.10. The van der Waals surface area contributed by atoms with Gasteiger partial charge in [-0.1, -0.05) is 33.1 Å². The van der Waals surface area contributed by atoms with Crippen molar-refractivity contribution < 1.29 is 4.79 Å². The Kier molecular flexibility index (Phi) is 5.08. The lowest BCUT2D eigenvalue weighted by atomic mass is 9.75. The maximum absolute atomic E-state index is 12.6. The van der Waals surface area contributed by atoms with E-state index in [-0.39, 0.29) is 11.3 Å². The molecule has 4 rings (SSSR count). The quantitative estimate of drug-likeness (QED) is 0.540. The van der Waals surface area contributed by atoms with Crippen LogP contribution in [0.5, 0.6) is 0 Å². The third-order valence-corrected chi connectivity index (χ3v) is 7.23. The second kappa shape index (κ2) is 7.39. The van der Waals surface area contributed by atoms with Crippen molar-refractivity contribution in [3.8, 4) is 0 Å². The van der Waals surface area contributed by atoms with Gasteiger partial charge in [-0.25, -0.2) is 0 Å². The lowest BCUT2D eigenvalue weighted by Gasteiger charge is -2.31. The fourth-order valence-corrected chi connectivity index (χ4v) is 5.42. The summed E-state index contributed by atoms with van der Waals surface area (Å²) >= 11 is 1.49. The Morgan fingerprint density at radius 2 is 2.04 bits per heavy atom. The molecule has 0 aliphatic heterocycles. The number of thiophene rings is 1. The van der Waals surface area contributed by atoms with Gasteiger partial charge in [0.2, 0.25) is 0 Å². The van der Waals surface area contributed by atoms with Crippen LogP contribution in [0.2, 0.25) is 0 Å². The van der Waals surface area contributed by atoms with Crippen LogP contribution in [0.3, 0.4) is 0 Å². The van der Waals surface area contributed by atoms with Gasteiger partial charge in [0.1, 0.15) is 0 Å². The third kappa shape index (κ3) is 3.88. The number of aromatic amines is 1.